The van der Waals surface area contributed by atoms with Gasteiger partial charge in [-0.1, -0.05) is 6.07 Å². The van der Waals surface area contributed by atoms with Crippen LogP contribution in [0.5, 0.6) is 0 Å². The zero-order chi connectivity index (χ0) is 13.0. The Morgan fingerprint density at radius 1 is 1.44 bits per heavy atom. The predicted molar refractivity (Wildman–Crippen MR) is 69.7 cm³/mol. The monoisotopic (exact) mass is 239 g/mol. The smallest absolute Gasteiger partial charge is 0.146 e. The Hall–Kier alpha value is -2.61. The molecule has 2 N–H and O–H groups in total. The number of nitrogen functional groups attached to an aromatic ring is 1. The molecule has 0 unspecified atom stereocenters. The summed E-state index contributed by atoms with van der Waals surface area (Å²) in [6, 6.07) is 7.59. The highest BCUT2D eigenvalue weighted by molar-refractivity contribution is 5.58. The molecular formula is C13H13N5. The lowest BCUT2D eigenvalue weighted by Crippen LogP contribution is -2.19. The average Bonchev–Trinajstić information content (AvgIpc) is 2.39. The Morgan fingerprint density at radius 3 is 2.94 bits per heavy atom. The Kier molecular flexibility index (Phi) is 3.39. The van der Waals surface area contributed by atoms with Crippen LogP contribution in [0.2, 0.25) is 0 Å². The molecule has 2 rings (SSSR count). The molecule has 2 aromatic rings. The fraction of sp³-hybridized carbons (Fsp3) is 0.154. The van der Waals surface area contributed by atoms with E-state index in [1.807, 2.05) is 24.1 Å². The van der Waals surface area contributed by atoms with Crippen LogP contribution in [0.4, 0.5) is 11.5 Å². The maximum Gasteiger partial charge on any atom is 0.146 e. The van der Waals surface area contributed by atoms with Crippen LogP contribution in [-0.2, 0) is 6.54 Å². The molecule has 90 valence electrons. The molecular weight excluding hydrogens is 226 g/mol. The van der Waals surface area contributed by atoms with E-state index in [2.05, 4.69) is 16.0 Å². The third-order valence-corrected chi connectivity index (χ3v) is 2.51. The number of pyridine rings is 2. The predicted octanol–water partition coefficient (Wildman–Crippen LogP) is 1.57. The number of hydrogen-bond donors (Lipinski definition) is 1. The number of nitrogens with zero attached hydrogens (tertiary/aromatic N) is 4. The van der Waals surface area contributed by atoms with Gasteiger partial charge in [-0.3, -0.25) is 4.98 Å². The Labute approximate surface area is 106 Å². The zero-order valence-electron chi connectivity index (χ0n) is 10.0. The van der Waals surface area contributed by atoms with Crippen LogP contribution in [0.25, 0.3) is 0 Å². The van der Waals surface area contributed by atoms with E-state index in [-0.39, 0.29) is 0 Å². The Bertz CT molecular complexity index is 574. The lowest BCUT2D eigenvalue weighted by molar-refractivity contribution is 0.889. The van der Waals surface area contributed by atoms with Crippen molar-refractivity contribution in [1.29, 1.82) is 5.26 Å². The van der Waals surface area contributed by atoms with E-state index in [1.165, 1.54) is 0 Å². The highest BCUT2D eigenvalue weighted by atomic mass is 15.2. The number of aromatic nitrogens is 2. The first-order chi connectivity index (χ1) is 8.70. The number of nitrogens with two attached hydrogens (primary N) is 1. The van der Waals surface area contributed by atoms with E-state index in [9.17, 15) is 0 Å². The van der Waals surface area contributed by atoms with Crippen LogP contribution in [0.3, 0.4) is 0 Å². The molecule has 0 spiro atoms. The summed E-state index contributed by atoms with van der Waals surface area (Å²) in [5, 5.41) is 9.07. The maximum atomic E-state index is 9.07. The van der Waals surface area contributed by atoms with E-state index in [1.54, 1.807) is 24.7 Å². The van der Waals surface area contributed by atoms with Crippen molar-refractivity contribution < 1.29 is 0 Å². The van der Waals surface area contributed by atoms with Crippen molar-refractivity contribution in [3.63, 3.8) is 0 Å². The van der Waals surface area contributed by atoms with Crippen molar-refractivity contribution >= 4 is 11.5 Å². The average molecular weight is 239 g/mol. The van der Waals surface area contributed by atoms with E-state index < -0.39 is 0 Å². The van der Waals surface area contributed by atoms with Gasteiger partial charge in [0.05, 0.1) is 17.4 Å². The van der Waals surface area contributed by atoms with Crippen LogP contribution in [0.15, 0.2) is 36.8 Å². The van der Waals surface area contributed by atoms with Gasteiger partial charge in [0, 0.05) is 26.0 Å². The second kappa shape index (κ2) is 5.15. The molecule has 0 fully saturated rings. The van der Waals surface area contributed by atoms with Crippen LogP contribution < -0.4 is 10.6 Å². The van der Waals surface area contributed by atoms with Gasteiger partial charge in [0.1, 0.15) is 11.9 Å². The zero-order valence-corrected chi connectivity index (χ0v) is 10.0. The molecule has 2 aromatic heterocycles. The van der Waals surface area contributed by atoms with Gasteiger partial charge in [-0.2, -0.15) is 5.26 Å². The van der Waals surface area contributed by atoms with Crippen LogP contribution in [0, 0.1) is 11.3 Å². The minimum atomic E-state index is 0.474. The second-order valence-corrected chi connectivity index (χ2v) is 3.97. The molecule has 0 saturated carbocycles. The summed E-state index contributed by atoms with van der Waals surface area (Å²) in [5.74, 6) is 0.621. The van der Waals surface area contributed by atoms with E-state index >= 15 is 0 Å². The molecule has 0 aromatic carbocycles. The highest BCUT2D eigenvalue weighted by Gasteiger charge is 2.09. The van der Waals surface area contributed by atoms with Crippen molar-refractivity contribution in [3.8, 4) is 6.07 Å². The number of hydrogen-bond acceptors (Lipinski definition) is 5. The van der Waals surface area contributed by atoms with E-state index in [0.717, 1.165) is 5.56 Å². The molecule has 0 atom stereocenters. The molecule has 5 nitrogen and oxygen atoms in total. The molecule has 0 aliphatic rings. The molecule has 2 heterocycles. The third kappa shape index (κ3) is 2.55. The number of anilines is 2. The van der Waals surface area contributed by atoms with Gasteiger partial charge in [-0.25, -0.2) is 4.98 Å². The first-order valence-electron chi connectivity index (χ1n) is 5.46. The molecule has 0 aliphatic carbocycles. The lowest BCUT2D eigenvalue weighted by Gasteiger charge is -2.19. The van der Waals surface area contributed by atoms with Crippen molar-refractivity contribution in [2.45, 2.75) is 6.54 Å². The SMILES string of the molecule is CN(Cc1cccnc1)c1ncc(N)cc1C#N. The minimum Gasteiger partial charge on any atom is -0.397 e. The van der Waals surface area contributed by atoms with Gasteiger partial charge in [0.15, 0.2) is 0 Å². The third-order valence-electron chi connectivity index (χ3n) is 2.51. The minimum absolute atomic E-state index is 0.474. The van der Waals surface area contributed by atoms with Crippen molar-refractivity contribution in [2.24, 2.45) is 0 Å². The Balaban J connectivity index is 2.24. The fourth-order valence-corrected chi connectivity index (χ4v) is 1.70. The molecule has 0 aliphatic heterocycles. The summed E-state index contributed by atoms with van der Waals surface area (Å²) in [7, 11) is 1.88. The van der Waals surface area contributed by atoms with Gasteiger partial charge < -0.3 is 10.6 Å². The molecule has 18 heavy (non-hydrogen) atoms. The standard InChI is InChI=1S/C13H13N5/c1-18(9-10-3-2-4-16-7-10)13-11(6-14)5-12(15)8-17-13/h2-5,7-8H,9,15H2,1H3. The van der Waals surface area contributed by atoms with E-state index in [0.29, 0.717) is 23.6 Å². The van der Waals surface area contributed by atoms with Crippen molar-refractivity contribution in [1.82, 2.24) is 9.97 Å². The normalized spacial score (nSPS) is 9.78. The molecule has 0 radical (unpaired) electrons. The van der Waals surface area contributed by atoms with Gasteiger partial charge in [-0.05, 0) is 17.7 Å². The van der Waals surface area contributed by atoms with Crippen LogP contribution >= 0.6 is 0 Å². The summed E-state index contributed by atoms with van der Waals surface area (Å²) < 4.78 is 0. The first kappa shape index (κ1) is 11.9. The Morgan fingerprint density at radius 2 is 2.28 bits per heavy atom. The van der Waals surface area contributed by atoms with Crippen LogP contribution in [0.1, 0.15) is 11.1 Å². The summed E-state index contributed by atoms with van der Waals surface area (Å²) in [5.41, 5.74) is 7.64. The fourth-order valence-electron chi connectivity index (χ4n) is 1.70. The van der Waals surface area contributed by atoms with Crippen molar-refractivity contribution in [2.75, 3.05) is 17.7 Å². The number of rotatable bonds is 3. The molecule has 0 saturated heterocycles. The van der Waals surface area contributed by atoms with Gasteiger partial charge >= 0.3 is 0 Å². The topological polar surface area (TPSA) is 78.8 Å². The summed E-state index contributed by atoms with van der Waals surface area (Å²) in [4.78, 5) is 10.2. The molecule has 0 bridgehead atoms. The van der Waals surface area contributed by atoms with Gasteiger partial charge in [0.25, 0.3) is 0 Å². The first-order valence-corrected chi connectivity index (χ1v) is 5.46. The number of nitriles is 1. The highest BCUT2D eigenvalue weighted by Crippen LogP contribution is 2.19. The summed E-state index contributed by atoms with van der Waals surface area (Å²) in [6.07, 6.45) is 5.07. The maximum absolute atomic E-state index is 9.07. The van der Waals surface area contributed by atoms with Crippen molar-refractivity contribution in [3.05, 3.63) is 47.9 Å². The van der Waals surface area contributed by atoms with Gasteiger partial charge in [-0.15, -0.1) is 0 Å². The molecule has 5 heteroatoms. The summed E-state index contributed by atoms with van der Waals surface area (Å²) in [6.45, 7) is 0.638. The van der Waals surface area contributed by atoms with E-state index in [4.69, 9.17) is 11.0 Å². The second-order valence-electron chi connectivity index (χ2n) is 3.97. The quantitative estimate of drug-likeness (QED) is 0.879. The van der Waals surface area contributed by atoms with Gasteiger partial charge in [0.2, 0.25) is 0 Å². The van der Waals surface area contributed by atoms with Crippen LogP contribution in [-0.4, -0.2) is 17.0 Å². The molecule has 0 amide bonds. The summed E-state index contributed by atoms with van der Waals surface area (Å²) >= 11 is 0. The lowest BCUT2D eigenvalue weighted by atomic mass is 10.2. The largest absolute Gasteiger partial charge is 0.397 e.